The largest absolute Gasteiger partial charge is 0.455 e. The summed E-state index contributed by atoms with van der Waals surface area (Å²) in [6.07, 6.45) is 3.62. The van der Waals surface area contributed by atoms with Gasteiger partial charge in [0.2, 0.25) is 5.91 Å². The molecule has 1 N–H and O–H groups in total. The van der Waals surface area contributed by atoms with E-state index in [1.807, 2.05) is 49.0 Å². The summed E-state index contributed by atoms with van der Waals surface area (Å²) in [5.41, 5.74) is 1.53. The maximum absolute atomic E-state index is 12.6. The van der Waals surface area contributed by atoms with Gasteiger partial charge in [-0.15, -0.1) is 0 Å². The van der Waals surface area contributed by atoms with Crippen LogP contribution in [0.1, 0.15) is 35.7 Å². The number of hydrogen-bond donors (Lipinski definition) is 1. The van der Waals surface area contributed by atoms with Crippen molar-refractivity contribution < 1.29 is 14.0 Å². The molecule has 3 rings (SSSR count). The van der Waals surface area contributed by atoms with Gasteiger partial charge < -0.3 is 19.2 Å². The van der Waals surface area contributed by atoms with Crippen LogP contribution < -0.4 is 5.32 Å². The third-order valence-electron chi connectivity index (χ3n) is 4.46. The second-order valence-electron chi connectivity index (χ2n) is 6.52. The third kappa shape index (κ3) is 5.29. The zero-order valence-electron chi connectivity index (χ0n) is 16.7. The number of hydrogen-bond acceptors (Lipinski definition) is 5. The van der Waals surface area contributed by atoms with E-state index in [1.54, 1.807) is 23.2 Å². The second kappa shape index (κ2) is 9.47. The zero-order chi connectivity index (χ0) is 20.8. The zero-order valence-corrected chi connectivity index (χ0v) is 17.5. The minimum atomic E-state index is -0.323. The number of imidazole rings is 1. The van der Waals surface area contributed by atoms with Crippen molar-refractivity contribution in [1.82, 2.24) is 14.5 Å². The van der Waals surface area contributed by atoms with Crippen molar-refractivity contribution in [3.8, 4) is 0 Å². The van der Waals surface area contributed by atoms with E-state index in [0.717, 1.165) is 10.7 Å². The van der Waals surface area contributed by atoms with Crippen LogP contribution in [-0.4, -0.2) is 32.8 Å². The van der Waals surface area contributed by atoms with Gasteiger partial charge in [-0.25, -0.2) is 4.98 Å². The first-order valence-electron chi connectivity index (χ1n) is 9.31. The van der Waals surface area contributed by atoms with E-state index in [2.05, 4.69) is 10.3 Å². The minimum Gasteiger partial charge on any atom is -0.455 e. The molecule has 2 aromatic heterocycles. The normalized spacial score (nSPS) is 10.7. The molecule has 0 bridgehead atoms. The SMILES string of the molecule is CCN(Cc1ccccc1NC(=O)c1ccc(CSc2nccn2C)o1)C(C)=O. The van der Waals surface area contributed by atoms with E-state index in [0.29, 0.717) is 30.3 Å². The first-order valence-corrected chi connectivity index (χ1v) is 10.3. The first kappa shape index (κ1) is 20.7. The third-order valence-corrected chi connectivity index (χ3v) is 5.54. The Bertz CT molecular complexity index is 995. The number of carbonyl (C=O) groups is 2. The molecule has 0 saturated carbocycles. The lowest BCUT2D eigenvalue weighted by Gasteiger charge is -2.20. The summed E-state index contributed by atoms with van der Waals surface area (Å²) in [5.74, 6) is 1.20. The molecular weight excluding hydrogens is 388 g/mol. The summed E-state index contributed by atoms with van der Waals surface area (Å²) in [6, 6.07) is 10.9. The predicted octanol–water partition coefficient (Wildman–Crippen LogP) is 3.93. The van der Waals surface area contributed by atoms with Gasteiger partial charge in [-0.05, 0) is 30.7 Å². The van der Waals surface area contributed by atoms with Crippen LogP contribution in [0.5, 0.6) is 0 Å². The molecule has 152 valence electrons. The fraction of sp³-hybridized carbons (Fsp3) is 0.286. The molecule has 0 fully saturated rings. The van der Waals surface area contributed by atoms with Gasteiger partial charge in [0.25, 0.3) is 5.91 Å². The molecule has 8 heteroatoms. The summed E-state index contributed by atoms with van der Waals surface area (Å²) < 4.78 is 7.63. The molecule has 2 heterocycles. The van der Waals surface area contributed by atoms with Crippen LogP contribution in [0.3, 0.4) is 0 Å². The Balaban J connectivity index is 1.66. The van der Waals surface area contributed by atoms with Crippen LogP contribution in [0.2, 0.25) is 0 Å². The highest BCUT2D eigenvalue weighted by atomic mass is 32.2. The van der Waals surface area contributed by atoms with Crippen LogP contribution in [0.4, 0.5) is 5.69 Å². The average Bonchev–Trinajstić information content (AvgIpc) is 3.34. The summed E-state index contributed by atoms with van der Waals surface area (Å²) in [5, 5.41) is 3.78. The highest BCUT2D eigenvalue weighted by Crippen LogP contribution is 2.23. The van der Waals surface area contributed by atoms with Gasteiger partial charge in [0.05, 0.1) is 5.75 Å². The number of aromatic nitrogens is 2. The fourth-order valence-corrected chi connectivity index (χ4v) is 3.65. The molecule has 0 unspecified atom stereocenters. The van der Waals surface area contributed by atoms with Gasteiger partial charge in [0, 0.05) is 45.1 Å². The Kier molecular flexibility index (Phi) is 6.77. The molecule has 0 saturated heterocycles. The highest BCUT2D eigenvalue weighted by molar-refractivity contribution is 7.98. The lowest BCUT2D eigenvalue weighted by atomic mass is 10.1. The van der Waals surface area contributed by atoms with Crippen molar-refractivity contribution >= 4 is 29.3 Å². The van der Waals surface area contributed by atoms with Gasteiger partial charge in [-0.3, -0.25) is 9.59 Å². The van der Waals surface area contributed by atoms with Crippen LogP contribution >= 0.6 is 11.8 Å². The van der Waals surface area contributed by atoms with Crippen LogP contribution in [-0.2, 0) is 24.1 Å². The van der Waals surface area contributed by atoms with Crippen LogP contribution in [0.25, 0.3) is 0 Å². The summed E-state index contributed by atoms with van der Waals surface area (Å²) in [4.78, 5) is 30.3. The molecule has 29 heavy (non-hydrogen) atoms. The monoisotopic (exact) mass is 412 g/mol. The molecule has 7 nitrogen and oxygen atoms in total. The lowest BCUT2D eigenvalue weighted by Crippen LogP contribution is -2.28. The topological polar surface area (TPSA) is 80.4 Å². The fourth-order valence-electron chi connectivity index (χ4n) is 2.82. The molecule has 2 amide bonds. The van der Waals surface area contributed by atoms with E-state index in [-0.39, 0.29) is 17.6 Å². The average molecular weight is 413 g/mol. The van der Waals surface area contributed by atoms with E-state index in [1.165, 1.54) is 18.7 Å². The standard InChI is InChI=1S/C21H24N4O3S/c1-4-25(15(2)26)13-16-7-5-6-8-18(16)23-20(27)19-10-9-17(28-19)14-29-21-22-11-12-24(21)3/h5-12H,4,13-14H2,1-3H3,(H,23,27). The first-order chi connectivity index (χ1) is 14.0. The summed E-state index contributed by atoms with van der Waals surface area (Å²) in [7, 11) is 1.93. The molecule has 0 aliphatic heterocycles. The number of aryl methyl sites for hydroxylation is 1. The second-order valence-corrected chi connectivity index (χ2v) is 7.46. The number of nitrogens with one attached hydrogen (secondary N) is 1. The van der Waals surface area contributed by atoms with Crippen LogP contribution in [0, 0.1) is 0 Å². The quantitative estimate of drug-likeness (QED) is 0.567. The minimum absolute atomic E-state index is 0.00508. The number of nitrogens with zero attached hydrogens (tertiary/aromatic N) is 3. The van der Waals surface area contributed by atoms with Crippen molar-refractivity contribution in [2.45, 2.75) is 31.3 Å². The maximum atomic E-state index is 12.6. The number of amides is 2. The molecule has 0 radical (unpaired) electrons. The van der Waals surface area contributed by atoms with Crippen molar-refractivity contribution in [2.75, 3.05) is 11.9 Å². The number of furan rings is 1. The van der Waals surface area contributed by atoms with Crippen molar-refractivity contribution in [2.24, 2.45) is 7.05 Å². The molecule has 0 aliphatic rings. The lowest BCUT2D eigenvalue weighted by molar-refractivity contribution is -0.129. The number of thioether (sulfide) groups is 1. The summed E-state index contributed by atoms with van der Waals surface area (Å²) >= 11 is 1.54. The van der Waals surface area contributed by atoms with Crippen molar-refractivity contribution in [3.05, 3.63) is 65.9 Å². The molecule has 3 aromatic rings. The molecular formula is C21H24N4O3S. The Hall–Kier alpha value is -3.00. The highest BCUT2D eigenvalue weighted by Gasteiger charge is 2.15. The van der Waals surface area contributed by atoms with Gasteiger partial charge >= 0.3 is 0 Å². The molecule has 0 atom stereocenters. The number of para-hydroxylation sites is 1. The number of carbonyl (C=O) groups excluding carboxylic acids is 2. The molecule has 1 aromatic carbocycles. The number of benzene rings is 1. The Morgan fingerprint density at radius 3 is 2.72 bits per heavy atom. The van der Waals surface area contributed by atoms with Crippen LogP contribution in [0.15, 0.2) is 58.4 Å². The van der Waals surface area contributed by atoms with Gasteiger partial charge in [-0.1, -0.05) is 30.0 Å². The maximum Gasteiger partial charge on any atom is 0.291 e. The molecule has 0 aliphatic carbocycles. The Morgan fingerprint density at radius 2 is 2.03 bits per heavy atom. The van der Waals surface area contributed by atoms with Gasteiger partial charge in [0.1, 0.15) is 5.76 Å². The number of anilines is 1. The van der Waals surface area contributed by atoms with Crippen molar-refractivity contribution in [1.29, 1.82) is 0 Å². The molecule has 0 spiro atoms. The van der Waals surface area contributed by atoms with E-state index >= 15 is 0 Å². The Labute approximate surface area is 174 Å². The number of rotatable bonds is 8. The van der Waals surface area contributed by atoms with E-state index in [9.17, 15) is 9.59 Å². The van der Waals surface area contributed by atoms with Gasteiger partial charge in [-0.2, -0.15) is 0 Å². The predicted molar refractivity (Wildman–Crippen MR) is 113 cm³/mol. The Morgan fingerprint density at radius 1 is 1.24 bits per heavy atom. The smallest absolute Gasteiger partial charge is 0.291 e. The van der Waals surface area contributed by atoms with E-state index < -0.39 is 0 Å². The van der Waals surface area contributed by atoms with E-state index in [4.69, 9.17) is 4.42 Å². The summed E-state index contributed by atoms with van der Waals surface area (Å²) in [6.45, 7) is 4.51. The van der Waals surface area contributed by atoms with Gasteiger partial charge in [0.15, 0.2) is 10.9 Å². The van der Waals surface area contributed by atoms with Crippen molar-refractivity contribution in [3.63, 3.8) is 0 Å².